The average molecular weight is 800 g/mol. The summed E-state index contributed by atoms with van der Waals surface area (Å²) in [5.74, 6) is -4.30. The Labute approximate surface area is 282 Å². The minimum atomic E-state index is -5.35. The number of fused-ring (bicyclic) bond motifs is 2. The third kappa shape index (κ3) is 8.31. The molecule has 0 aliphatic carbocycles. The highest BCUT2D eigenvalue weighted by molar-refractivity contribution is 7.91. The number of amides is 1. The molecule has 50 heavy (non-hydrogen) atoms. The third-order valence-electron chi connectivity index (χ3n) is 6.49. The predicted octanol–water partition coefficient (Wildman–Crippen LogP) is 2.11. The molecule has 0 fully saturated rings. The summed E-state index contributed by atoms with van der Waals surface area (Å²) >= 11 is 0. The monoisotopic (exact) mass is 799 g/mol. The van der Waals surface area contributed by atoms with E-state index in [0.717, 1.165) is 25.1 Å². The first-order valence-electron chi connectivity index (χ1n) is 12.8. The molecule has 0 atom stereocenters. The Morgan fingerprint density at radius 2 is 1.28 bits per heavy atom. The van der Waals surface area contributed by atoms with E-state index in [0.29, 0.717) is 24.3 Å². The van der Waals surface area contributed by atoms with Crippen LogP contribution in [0.15, 0.2) is 72.3 Å². The largest absolute Gasteiger partial charge is 0.505 e. The number of carbonyl (C=O) groups excluding carboxylic acids is 1. The van der Waals surface area contributed by atoms with Crippen LogP contribution in [-0.2, 0) is 59.6 Å². The predicted molar refractivity (Wildman–Crippen MR) is 169 cm³/mol. The summed E-state index contributed by atoms with van der Waals surface area (Å²) < 4.78 is 162. The van der Waals surface area contributed by atoms with E-state index in [1.807, 2.05) is 0 Å². The van der Waals surface area contributed by atoms with Gasteiger partial charge in [-0.2, -0.15) is 33.7 Å². The molecule has 0 unspecified atom stereocenters. The lowest BCUT2D eigenvalue weighted by Gasteiger charge is -2.14. The first-order valence-corrected chi connectivity index (χ1v) is 20.1. The third-order valence-corrected chi connectivity index (χ3v) is 11.2. The molecule has 4 aromatic rings. The molecular weight excluding hydrogens is 779 g/mol. The molecule has 26 heteroatoms. The molecule has 0 aromatic heterocycles. The van der Waals surface area contributed by atoms with Crippen LogP contribution in [0, 0.1) is 0 Å². The Balaban J connectivity index is 2.02. The average Bonchev–Trinajstić information content (AvgIpc) is 2.94. The van der Waals surface area contributed by atoms with Gasteiger partial charge in [0.2, 0.25) is 5.91 Å². The van der Waals surface area contributed by atoms with E-state index in [2.05, 4.69) is 19.7 Å². The maximum atomic E-state index is 13.2. The number of sulfone groups is 1. The van der Waals surface area contributed by atoms with Crippen LogP contribution in [0.2, 0.25) is 0 Å². The highest BCUT2D eigenvalue weighted by Gasteiger charge is 2.28. The van der Waals surface area contributed by atoms with Crippen molar-refractivity contribution < 1.29 is 79.5 Å². The summed E-state index contributed by atoms with van der Waals surface area (Å²) in [4.78, 5) is 7.73. The molecule has 270 valence electrons. The fourth-order valence-electron chi connectivity index (χ4n) is 4.50. The van der Waals surface area contributed by atoms with E-state index in [-0.39, 0.29) is 5.39 Å². The van der Waals surface area contributed by atoms with Crippen LogP contribution in [0.25, 0.3) is 21.5 Å². The Hall–Kier alpha value is -4.38. The van der Waals surface area contributed by atoms with Crippen LogP contribution in [0.1, 0.15) is 6.92 Å². The lowest BCUT2D eigenvalue weighted by molar-refractivity contribution is -0.114. The molecule has 4 aromatic carbocycles. The Kier molecular flexibility index (Phi) is 10.0. The maximum absolute atomic E-state index is 13.2. The molecule has 0 heterocycles. The summed E-state index contributed by atoms with van der Waals surface area (Å²) in [6.07, 6.45) is 0. The number of nitrogens with zero attached hydrogens (tertiary/aromatic N) is 2. The van der Waals surface area contributed by atoms with Gasteiger partial charge >= 0.3 is 10.4 Å². The number of aromatic hydroxyl groups is 2. The minimum Gasteiger partial charge on any atom is -0.505 e. The molecule has 0 spiro atoms. The van der Waals surface area contributed by atoms with Crippen molar-refractivity contribution >= 4 is 95.1 Å². The van der Waals surface area contributed by atoms with Gasteiger partial charge in [-0.05, 0) is 47.2 Å². The molecule has 0 aliphatic heterocycles. The van der Waals surface area contributed by atoms with Gasteiger partial charge in [-0.3, -0.25) is 23.0 Å². The van der Waals surface area contributed by atoms with Gasteiger partial charge in [0.1, 0.15) is 16.3 Å². The number of nitrogens with one attached hydrogen (secondary N) is 1. The fourth-order valence-corrected chi connectivity index (χ4v) is 8.07. The fraction of sp³-hybridized carbons (Fsp3) is 0.125. The lowest BCUT2D eigenvalue weighted by Crippen LogP contribution is -2.16. The Bertz CT molecular complexity index is 2710. The number of carbonyl (C=O) groups is 1. The van der Waals surface area contributed by atoms with E-state index < -0.39 is 133 Å². The summed E-state index contributed by atoms with van der Waals surface area (Å²) in [5.41, 5.74) is -2.26. The van der Waals surface area contributed by atoms with Crippen molar-refractivity contribution in [2.45, 2.75) is 26.5 Å². The molecule has 1 amide bonds. The summed E-state index contributed by atoms with van der Waals surface area (Å²) in [6.45, 7) is -0.210. The van der Waals surface area contributed by atoms with Crippen molar-refractivity contribution in [3.05, 3.63) is 42.5 Å². The van der Waals surface area contributed by atoms with Crippen LogP contribution in [-0.4, -0.2) is 88.8 Å². The second-order valence-corrected chi connectivity index (χ2v) is 17.4. The zero-order chi connectivity index (χ0) is 37.8. The smallest absolute Gasteiger partial charge is 0.397 e. The second kappa shape index (κ2) is 13.1. The lowest BCUT2D eigenvalue weighted by atomic mass is 10.1. The summed E-state index contributed by atoms with van der Waals surface area (Å²) in [7, 11) is -25.4. The Morgan fingerprint density at radius 1 is 0.700 bits per heavy atom. The van der Waals surface area contributed by atoms with E-state index in [4.69, 9.17) is 4.55 Å². The second-order valence-electron chi connectivity index (χ2n) is 9.97. The zero-order valence-corrected chi connectivity index (χ0v) is 28.6. The first kappa shape index (κ1) is 38.4. The Morgan fingerprint density at radius 3 is 1.82 bits per heavy atom. The van der Waals surface area contributed by atoms with Crippen molar-refractivity contribution in [2.24, 2.45) is 10.2 Å². The van der Waals surface area contributed by atoms with Gasteiger partial charge in [0, 0.05) is 17.7 Å². The van der Waals surface area contributed by atoms with E-state index >= 15 is 0 Å². The molecule has 21 nitrogen and oxygen atoms in total. The van der Waals surface area contributed by atoms with Crippen molar-refractivity contribution in [2.75, 3.05) is 17.7 Å². The van der Waals surface area contributed by atoms with Crippen molar-refractivity contribution in [3.63, 3.8) is 0 Å². The van der Waals surface area contributed by atoms with Crippen molar-refractivity contribution in [1.82, 2.24) is 0 Å². The number of hydrogen-bond donors (Lipinski definition) is 7. The number of rotatable bonds is 11. The quantitative estimate of drug-likeness (QED) is 0.0843. The van der Waals surface area contributed by atoms with Crippen LogP contribution >= 0.6 is 0 Å². The first-order chi connectivity index (χ1) is 22.7. The molecular formula is C24H21N3O18S5. The SMILES string of the molecule is CC(=O)Nc1cc(S(=O)(=O)O)cc2cc(S(=O)(=O)O)c(N=Nc3ccc4cc(S(=O)(=O)O)cc(S(=O)(=O)CCOS(=O)(=O)O)c4c3O)c(O)c12. The van der Waals surface area contributed by atoms with Crippen LogP contribution in [0.4, 0.5) is 17.1 Å². The van der Waals surface area contributed by atoms with Gasteiger partial charge in [-0.15, -0.1) is 10.2 Å². The summed E-state index contributed by atoms with van der Waals surface area (Å²) in [6, 6.07) is 4.96. The minimum absolute atomic E-state index is 0.368. The standard InChI is InChI=1S/C24H21N3O18S5/c1-11(28)25-17-9-14(47(33,34)35)7-13-8-19(49(39,40)41)22(24(30)20(13)17)27-26-16-3-2-12-6-15(48(36,37)38)10-18(21(12)23(16)29)46(31,32)5-4-45-50(42,43)44/h2-3,6-10,29-30H,4-5H2,1H3,(H,25,28)(H,33,34,35)(H,36,37,38)(H,39,40,41)(H,42,43,44). The highest BCUT2D eigenvalue weighted by atomic mass is 32.3. The van der Waals surface area contributed by atoms with Gasteiger partial charge in [0.25, 0.3) is 30.4 Å². The molecule has 0 aliphatic rings. The number of benzene rings is 4. The molecule has 7 N–H and O–H groups in total. The van der Waals surface area contributed by atoms with Gasteiger partial charge in [0.05, 0.1) is 32.7 Å². The number of phenols is 2. The molecule has 4 rings (SSSR count). The van der Waals surface area contributed by atoms with Gasteiger partial charge in [0.15, 0.2) is 21.3 Å². The molecule has 0 radical (unpaired) electrons. The zero-order valence-electron chi connectivity index (χ0n) is 24.5. The number of phenolic OH excluding ortho intramolecular Hbond substituents is 2. The summed E-state index contributed by atoms with van der Waals surface area (Å²) in [5, 5.41) is 29.6. The van der Waals surface area contributed by atoms with E-state index in [9.17, 15) is 70.8 Å². The normalized spacial score (nSPS) is 13.3. The highest BCUT2D eigenvalue weighted by Crippen LogP contribution is 2.46. The van der Waals surface area contributed by atoms with Crippen LogP contribution in [0.3, 0.4) is 0 Å². The number of azo groups is 1. The van der Waals surface area contributed by atoms with Crippen molar-refractivity contribution in [3.8, 4) is 11.5 Å². The van der Waals surface area contributed by atoms with Crippen LogP contribution in [0.5, 0.6) is 11.5 Å². The van der Waals surface area contributed by atoms with Crippen molar-refractivity contribution in [1.29, 1.82) is 0 Å². The molecule has 0 saturated heterocycles. The molecule has 0 bridgehead atoms. The van der Waals surface area contributed by atoms with Gasteiger partial charge in [-0.1, -0.05) is 6.07 Å². The number of hydrogen-bond acceptors (Lipinski definition) is 16. The van der Waals surface area contributed by atoms with Gasteiger partial charge < -0.3 is 15.5 Å². The van der Waals surface area contributed by atoms with E-state index in [1.54, 1.807) is 0 Å². The van der Waals surface area contributed by atoms with Crippen LogP contribution < -0.4 is 5.32 Å². The van der Waals surface area contributed by atoms with E-state index in [1.165, 1.54) is 0 Å². The molecule has 0 saturated carbocycles. The van der Waals surface area contributed by atoms with Gasteiger partial charge in [-0.25, -0.2) is 12.6 Å². The number of anilines is 1. The topological polar surface area (TPSA) is 355 Å². The maximum Gasteiger partial charge on any atom is 0.397 e.